The van der Waals surface area contributed by atoms with Crippen LogP contribution in [0, 0.1) is 0 Å². The third-order valence-corrected chi connectivity index (χ3v) is 5.96. The number of nitrogens with one attached hydrogen (secondary N) is 2. The Morgan fingerprint density at radius 2 is 1.86 bits per heavy atom. The summed E-state index contributed by atoms with van der Waals surface area (Å²) in [7, 11) is 0. The molecule has 3 N–H and O–H groups in total. The van der Waals surface area contributed by atoms with Gasteiger partial charge in [-0.25, -0.2) is 0 Å². The standard InChI is InChI=1S/C28H21ClN2O4/c29-20-9-11-24-22(14-20)23(28(34)31-24)15-21-10-12-26(35-21)18-7-4-8-19(13-18)27(33)30-16-25(32)17-5-2-1-3-6-17/h1-15,25,32H,16H2,(H,30,33)(H,31,34). The second kappa shape index (κ2) is 9.62. The number of fused-ring (bicyclic) bond motifs is 1. The van der Waals surface area contributed by atoms with Crippen molar-refractivity contribution in [3.63, 3.8) is 0 Å². The normalized spacial score (nSPS) is 14.5. The minimum atomic E-state index is -0.795. The van der Waals surface area contributed by atoms with Crippen LogP contribution < -0.4 is 10.6 Å². The number of furan rings is 1. The summed E-state index contributed by atoms with van der Waals surface area (Å²) >= 11 is 6.10. The Bertz CT molecular complexity index is 1440. The molecule has 35 heavy (non-hydrogen) atoms. The van der Waals surface area contributed by atoms with Crippen molar-refractivity contribution in [3.05, 3.63) is 112 Å². The number of carbonyl (C=O) groups excluding carboxylic acids is 2. The first-order chi connectivity index (χ1) is 17.0. The van der Waals surface area contributed by atoms with Gasteiger partial charge in [0.1, 0.15) is 11.5 Å². The van der Waals surface area contributed by atoms with Gasteiger partial charge in [0.2, 0.25) is 0 Å². The highest BCUT2D eigenvalue weighted by molar-refractivity contribution is 6.36. The minimum Gasteiger partial charge on any atom is -0.457 e. The molecule has 0 spiro atoms. The van der Waals surface area contributed by atoms with Gasteiger partial charge in [-0.1, -0.05) is 54.1 Å². The molecule has 4 aromatic rings. The molecule has 0 radical (unpaired) electrons. The van der Waals surface area contributed by atoms with Gasteiger partial charge in [-0.05, 0) is 54.1 Å². The lowest BCUT2D eigenvalue weighted by Crippen LogP contribution is -2.28. The van der Waals surface area contributed by atoms with E-state index in [0.29, 0.717) is 38.9 Å². The van der Waals surface area contributed by atoms with Crippen molar-refractivity contribution in [2.75, 3.05) is 11.9 Å². The summed E-state index contributed by atoms with van der Waals surface area (Å²) in [5.74, 6) is 0.530. The zero-order valence-electron chi connectivity index (χ0n) is 18.5. The van der Waals surface area contributed by atoms with E-state index in [1.165, 1.54) is 0 Å². The summed E-state index contributed by atoms with van der Waals surface area (Å²) in [5.41, 5.74) is 3.78. The Hall–Kier alpha value is -4.13. The molecular formula is C28H21ClN2O4. The predicted molar refractivity (Wildman–Crippen MR) is 136 cm³/mol. The summed E-state index contributed by atoms with van der Waals surface area (Å²) in [6, 6.07) is 25.0. The van der Waals surface area contributed by atoms with Crippen molar-refractivity contribution >= 4 is 40.8 Å². The van der Waals surface area contributed by atoms with E-state index in [0.717, 1.165) is 11.1 Å². The van der Waals surface area contributed by atoms with Crippen molar-refractivity contribution in [2.45, 2.75) is 6.10 Å². The van der Waals surface area contributed by atoms with E-state index in [2.05, 4.69) is 10.6 Å². The maximum Gasteiger partial charge on any atom is 0.256 e. The number of amides is 2. The van der Waals surface area contributed by atoms with Crippen LogP contribution in [-0.4, -0.2) is 23.5 Å². The lowest BCUT2D eigenvalue weighted by molar-refractivity contribution is -0.110. The first kappa shape index (κ1) is 22.7. The highest BCUT2D eigenvalue weighted by Gasteiger charge is 2.24. The molecule has 1 aromatic heterocycles. The summed E-state index contributed by atoms with van der Waals surface area (Å²) in [5, 5.41) is 16.4. The van der Waals surface area contributed by atoms with Crippen molar-refractivity contribution in [1.29, 1.82) is 0 Å². The fourth-order valence-corrected chi connectivity index (χ4v) is 4.10. The molecule has 0 saturated heterocycles. The van der Waals surface area contributed by atoms with Crippen LogP contribution in [0.1, 0.15) is 33.3 Å². The van der Waals surface area contributed by atoms with Crippen LogP contribution in [0.3, 0.4) is 0 Å². The van der Waals surface area contributed by atoms with Gasteiger partial charge in [0, 0.05) is 33.9 Å². The topological polar surface area (TPSA) is 91.6 Å². The Balaban J connectivity index is 1.32. The molecule has 0 fully saturated rings. The van der Waals surface area contributed by atoms with Gasteiger partial charge in [-0.15, -0.1) is 0 Å². The summed E-state index contributed by atoms with van der Waals surface area (Å²) in [6.45, 7) is 0.0963. The molecular weight excluding hydrogens is 464 g/mol. The highest BCUT2D eigenvalue weighted by atomic mass is 35.5. The number of halogens is 1. The number of benzene rings is 3. The number of aliphatic hydroxyl groups is 1. The molecule has 0 bridgehead atoms. The van der Waals surface area contributed by atoms with E-state index in [4.69, 9.17) is 16.0 Å². The zero-order valence-corrected chi connectivity index (χ0v) is 19.3. The summed E-state index contributed by atoms with van der Waals surface area (Å²) in [4.78, 5) is 25.1. The van der Waals surface area contributed by atoms with Crippen molar-refractivity contribution < 1.29 is 19.1 Å². The van der Waals surface area contributed by atoms with Gasteiger partial charge in [0.15, 0.2) is 0 Å². The van der Waals surface area contributed by atoms with Gasteiger partial charge >= 0.3 is 0 Å². The largest absolute Gasteiger partial charge is 0.457 e. The SMILES string of the molecule is O=C1Nc2ccc(Cl)cc2C1=Cc1ccc(-c2cccc(C(=O)NCC(O)c3ccccc3)c2)o1. The first-order valence-corrected chi connectivity index (χ1v) is 11.4. The molecule has 1 unspecified atom stereocenters. The highest BCUT2D eigenvalue weighted by Crippen LogP contribution is 2.35. The van der Waals surface area contributed by atoms with Crippen LogP contribution in [0.4, 0.5) is 5.69 Å². The van der Waals surface area contributed by atoms with E-state index in [9.17, 15) is 14.7 Å². The zero-order chi connectivity index (χ0) is 24.4. The van der Waals surface area contributed by atoms with Crippen LogP contribution in [-0.2, 0) is 4.79 Å². The number of carbonyl (C=O) groups is 2. The monoisotopic (exact) mass is 484 g/mol. The smallest absolute Gasteiger partial charge is 0.256 e. The van der Waals surface area contributed by atoms with E-state index in [1.807, 2.05) is 36.4 Å². The van der Waals surface area contributed by atoms with Gasteiger partial charge in [-0.2, -0.15) is 0 Å². The van der Waals surface area contributed by atoms with Crippen LogP contribution in [0.15, 0.2) is 89.3 Å². The Labute approximate surface area is 206 Å². The van der Waals surface area contributed by atoms with Gasteiger partial charge in [0.25, 0.3) is 11.8 Å². The second-order valence-corrected chi connectivity index (χ2v) is 8.56. The second-order valence-electron chi connectivity index (χ2n) is 8.12. The summed E-state index contributed by atoms with van der Waals surface area (Å²) in [6.07, 6.45) is 0.875. The maximum absolute atomic E-state index is 12.7. The fourth-order valence-electron chi connectivity index (χ4n) is 3.93. The minimum absolute atomic E-state index is 0.0963. The fraction of sp³-hybridized carbons (Fsp3) is 0.0714. The van der Waals surface area contributed by atoms with Crippen LogP contribution >= 0.6 is 11.6 Å². The van der Waals surface area contributed by atoms with Gasteiger partial charge in [0.05, 0.1) is 11.7 Å². The molecule has 6 nitrogen and oxygen atoms in total. The molecule has 0 aliphatic carbocycles. The average Bonchev–Trinajstić information content (AvgIpc) is 3.47. The van der Waals surface area contributed by atoms with Gasteiger partial charge in [-0.3, -0.25) is 9.59 Å². The maximum atomic E-state index is 12.7. The van der Waals surface area contributed by atoms with E-state index in [1.54, 1.807) is 54.6 Å². The predicted octanol–water partition coefficient (Wildman–Crippen LogP) is 5.56. The lowest BCUT2D eigenvalue weighted by atomic mass is 10.1. The molecule has 2 amide bonds. The molecule has 3 aromatic carbocycles. The quantitative estimate of drug-likeness (QED) is 0.313. The third-order valence-electron chi connectivity index (χ3n) is 5.73. The molecule has 2 heterocycles. The Kier molecular flexibility index (Phi) is 6.23. The number of aliphatic hydroxyl groups excluding tert-OH is 1. The Morgan fingerprint density at radius 3 is 2.69 bits per heavy atom. The molecule has 5 rings (SSSR count). The van der Waals surface area contributed by atoms with Crippen LogP contribution in [0.25, 0.3) is 23.0 Å². The third kappa shape index (κ3) is 4.89. The molecule has 1 aliphatic heterocycles. The van der Waals surface area contributed by atoms with E-state index >= 15 is 0 Å². The van der Waals surface area contributed by atoms with Gasteiger partial charge < -0.3 is 20.2 Å². The first-order valence-electron chi connectivity index (χ1n) is 11.0. The summed E-state index contributed by atoms with van der Waals surface area (Å²) < 4.78 is 5.95. The number of anilines is 1. The van der Waals surface area contributed by atoms with E-state index < -0.39 is 6.10 Å². The van der Waals surface area contributed by atoms with E-state index in [-0.39, 0.29) is 18.4 Å². The molecule has 7 heteroatoms. The number of hydrogen-bond acceptors (Lipinski definition) is 4. The lowest BCUT2D eigenvalue weighted by Gasteiger charge is -2.12. The van der Waals surface area contributed by atoms with Crippen molar-refractivity contribution in [2.24, 2.45) is 0 Å². The van der Waals surface area contributed by atoms with Crippen LogP contribution in [0.5, 0.6) is 0 Å². The average molecular weight is 485 g/mol. The molecule has 174 valence electrons. The van der Waals surface area contributed by atoms with Crippen LogP contribution in [0.2, 0.25) is 5.02 Å². The number of rotatable bonds is 6. The molecule has 0 saturated carbocycles. The molecule has 1 aliphatic rings. The van der Waals surface area contributed by atoms with Crippen molar-refractivity contribution in [3.8, 4) is 11.3 Å². The van der Waals surface area contributed by atoms with Crippen molar-refractivity contribution in [1.82, 2.24) is 5.32 Å². The molecule has 1 atom stereocenters. The number of hydrogen-bond donors (Lipinski definition) is 3. The Morgan fingerprint density at radius 1 is 1.03 bits per heavy atom.